The maximum Gasteiger partial charge on any atom is 0.338 e. The lowest BCUT2D eigenvalue weighted by molar-refractivity contribution is -0.140. The van der Waals surface area contributed by atoms with Crippen molar-refractivity contribution >= 4 is 11.9 Å². The lowest BCUT2D eigenvalue weighted by atomic mass is 9.60. The molecule has 0 aromatic carbocycles. The van der Waals surface area contributed by atoms with Crippen molar-refractivity contribution in [2.45, 2.75) is 25.4 Å². The lowest BCUT2D eigenvalue weighted by Gasteiger charge is -2.42. The largest absolute Gasteiger partial charge is 0.472 e. The summed E-state index contributed by atoms with van der Waals surface area (Å²) in [6.07, 6.45) is 8.62. The van der Waals surface area contributed by atoms with Gasteiger partial charge >= 0.3 is 11.9 Å². The molecule has 3 heterocycles. The first-order chi connectivity index (χ1) is 12.1. The van der Waals surface area contributed by atoms with Gasteiger partial charge in [-0.2, -0.15) is 0 Å². The molecule has 2 aliphatic heterocycles. The van der Waals surface area contributed by atoms with Crippen molar-refractivity contribution in [3.63, 3.8) is 0 Å². The highest BCUT2D eigenvalue weighted by atomic mass is 16.6. The van der Waals surface area contributed by atoms with Gasteiger partial charge in [-0.1, -0.05) is 18.7 Å². The molecular formula is C20H16O5. The molecule has 5 rings (SSSR count). The fraction of sp³-hybridized carbons (Fsp3) is 0.300. The van der Waals surface area contributed by atoms with Crippen molar-refractivity contribution in [3.05, 3.63) is 70.8 Å². The fourth-order valence-electron chi connectivity index (χ4n) is 4.53. The Bertz CT molecular complexity index is 912. The number of allylic oxidation sites excluding steroid dienone is 1. The number of rotatable bonds is 1. The van der Waals surface area contributed by atoms with E-state index >= 15 is 0 Å². The summed E-state index contributed by atoms with van der Waals surface area (Å²) in [5, 5.41) is 0. The Morgan fingerprint density at radius 3 is 2.92 bits per heavy atom. The SMILES string of the molecule is C=C1C2=C(CCC13CC=CC1=C3COC1=O)C(=O)OC2c1ccoc1. The van der Waals surface area contributed by atoms with E-state index in [1.165, 1.54) is 0 Å². The van der Waals surface area contributed by atoms with Gasteiger partial charge in [0.05, 0.1) is 18.1 Å². The average Bonchev–Trinajstić information content (AvgIpc) is 3.32. The number of fused-ring (bicyclic) bond motifs is 1. The first-order valence-corrected chi connectivity index (χ1v) is 8.35. The van der Waals surface area contributed by atoms with Crippen molar-refractivity contribution in [1.82, 2.24) is 0 Å². The zero-order valence-corrected chi connectivity index (χ0v) is 13.5. The molecule has 0 N–H and O–H groups in total. The molecule has 25 heavy (non-hydrogen) atoms. The highest BCUT2D eigenvalue weighted by Gasteiger charge is 2.51. The minimum atomic E-state index is -0.487. The van der Waals surface area contributed by atoms with Gasteiger partial charge in [0.25, 0.3) is 0 Å². The van der Waals surface area contributed by atoms with Gasteiger partial charge in [-0.3, -0.25) is 0 Å². The van der Waals surface area contributed by atoms with Crippen LogP contribution in [0.15, 0.2) is 69.6 Å². The standard InChI is InChI=1S/C20H16O5/c1-11-16-14(19(22)25-17(16)12-5-8-23-9-12)4-7-20(11)6-2-3-13-15(20)10-24-18(13)21/h2-3,5,8-9,17H,1,4,6-7,10H2. The number of hydrogen-bond acceptors (Lipinski definition) is 5. The molecular weight excluding hydrogens is 320 g/mol. The molecule has 0 bridgehead atoms. The van der Waals surface area contributed by atoms with Crippen LogP contribution < -0.4 is 0 Å². The topological polar surface area (TPSA) is 65.7 Å². The van der Waals surface area contributed by atoms with Gasteiger partial charge < -0.3 is 13.9 Å². The van der Waals surface area contributed by atoms with Crippen LogP contribution in [-0.4, -0.2) is 18.5 Å². The molecule has 126 valence electrons. The van der Waals surface area contributed by atoms with Gasteiger partial charge in [0.1, 0.15) is 6.61 Å². The van der Waals surface area contributed by atoms with E-state index in [2.05, 4.69) is 6.58 Å². The predicted molar refractivity (Wildman–Crippen MR) is 87.1 cm³/mol. The number of cyclic esters (lactones) is 2. The molecule has 0 saturated carbocycles. The van der Waals surface area contributed by atoms with E-state index in [-0.39, 0.29) is 17.4 Å². The number of carbonyl (C=O) groups excluding carboxylic acids is 2. The minimum absolute atomic E-state index is 0.275. The van der Waals surface area contributed by atoms with Crippen LogP contribution in [0.2, 0.25) is 0 Å². The third-order valence-corrected chi connectivity index (χ3v) is 5.83. The van der Waals surface area contributed by atoms with E-state index in [1.54, 1.807) is 18.6 Å². The van der Waals surface area contributed by atoms with E-state index in [0.717, 1.165) is 35.1 Å². The monoisotopic (exact) mass is 336 g/mol. The summed E-state index contributed by atoms with van der Waals surface area (Å²) in [4.78, 5) is 24.4. The van der Waals surface area contributed by atoms with Crippen LogP contribution in [-0.2, 0) is 19.1 Å². The average molecular weight is 336 g/mol. The van der Waals surface area contributed by atoms with Crippen LogP contribution in [0.1, 0.15) is 30.9 Å². The van der Waals surface area contributed by atoms with E-state index < -0.39 is 6.10 Å². The van der Waals surface area contributed by atoms with Crippen molar-refractivity contribution in [3.8, 4) is 0 Å². The second-order valence-corrected chi connectivity index (χ2v) is 6.87. The summed E-state index contributed by atoms with van der Waals surface area (Å²) < 4.78 is 16.1. The normalized spacial score (nSPS) is 30.7. The third kappa shape index (κ3) is 1.78. The molecule has 2 unspecified atom stereocenters. The van der Waals surface area contributed by atoms with Crippen LogP contribution in [0.5, 0.6) is 0 Å². The first kappa shape index (κ1) is 14.5. The van der Waals surface area contributed by atoms with E-state index in [4.69, 9.17) is 13.9 Å². The predicted octanol–water partition coefficient (Wildman–Crippen LogP) is 3.32. The minimum Gasteiger partial charge on any atom is -0.472 e. The second kappa shape index (κ2) is 4.85. The van der Waals surface area contributed by atoms with Crippen molar-refractivity contribution in [2.75, 3.05) is 6.61 Å². The number of hydrogen-bond donors (Lipinski definition) is 0. The number of esters is 2. The molecule has 1 aromatic heterocycles. The molecule has 0 fully saturated rings. The Kier molecular flexibility index (Phi) is 2.82. The van der Waals surface area contributed by atoms with Crippen LogP contribution in [0.4, 0.5) is 0 Å². The van der Waals surface area contributed by atoms with E-state index in [9.17, 15) is 9.59 Å². The highest BCUT2D eigenvalue weighted by Crippen LogP contribution is 2.58. The summed E-state index contributed by atoms with van der Waals surface area (Å²) in [6, 6.07) is 1.80. The number of ether oxygens (including phenoxy) is 2. The van der Waals surface area contributed by atoms with Gasteiger partial charge in [-0.15, -0.1) is 0 Å². The maximum atomic E-state index is 12.4. The van der Waals surface area contributed by atoms with Gasteiger partial charge in [0.15, 0.2) is 6.10 Å². The molecule has 2 atom stereocenters. The van der Waals surface area contributed by atoms with Crippen molar-refractivity contribution < 1.29 is 23.5 Å². The Hall–Kier alpha value is -2.82. The smallest absolute Gasteiger partial charge is 0.338 e. The molecule has 1 spiro atoms. The van der Waals surface area contributed by atoms with Crippen LogP contribution in [0.25, 0.3) is 0 Å². The number of carbonyl (C=O) groups is 2. The van der Waals surface area contributed by atoms with Crippen LogP contribution >= 0.6 is 0 Å². The lowest BCUT2D eigenvalue weighted by Crippen LogP contribution is -2.33. The quantitative estimate of drug-likeness (QED) is 0.736. The molecule has 2 aliphatic carbocycles. The Labute approximate surface area is 144 Å². The Morgan fingerprint density at radius 1 is 1.24 bits per heavy atom. The molecule has 5 nitrogen and oxygen atoms in total. The Morgan fingerprint density at radius 2 is 2.12 bits per heavy atom. The fourth-order valence-corrected chi connectivity index (χ4v) is 4.53. The molecule has 4 aliphatic rings. The zero-order chi connectivity index (χ0) is 17.2. The van der Waals surface area contributed by atoms with E-state index in [0.29, 0.717) is 24.2 Å². The molecule has 0 radical (unpaired) electrons. The van der Waals surface area contributed by atoms with Crippen molar-refractivity contribution in [1.29, 1.82) is 0 Å². The van der Waals surface area contributed by atoms with Crippen molar-refractivity contribution in [2.24, 2.45) is 5.41 Å². The Balaban J connectivity index is 1.64. The summed E-state index contributed by atoms with van der Waals surface area (Å²) >= 11 is 0. The van der Waals surface area contributed by atoms with E-state index in [1.807, 2.05) is 12.2 Å². The summed E-state index contributed by atoms with van der Waals surface area (Å²) in [5.41, 5.74) is 4.47. The molecule has 0 saturated heterocycles. The first-order valence-electron chi connectivity index (χ1n) is 8.35. The van der Waals surface area contributed by atoms with Gasteiger partial charge in [-0.05, 0) is 36.5 Å². The van der Waals surface area contributed by atoms with Gasteiger partial charge in [0, 0.05) is 22.1 Å². The molecule has 5 heteroatoms. The molecule has 0 amide bonds. The van der Waals surface area contributed by atoms with Crippen LogP contribution in [0, 0.1) is 5.41 Å². The summed E-state index contributed by atoms with van der Waals surface area (Å²) in [5.74, 6) is -0.556. The zero-order valence-electron chi connectivity index (χ0n) is 13.5. The summed E-state index contributed by atoms with van der Waals surface area (Å²) in [6.45, 7) is 4.66. The maximum absolute atomic E-state index is 12.4. The van der Waals surface area contributed by atoms with Gasteiger partial charge in [0.2, 0.25) is 0 Å². The van der Waals surface area contributed by atoms with Gasteiger partial charge in [-0.25, -0.2) is 9.59 Å². The summed E-state index contributed by atoms with van der Waals surface area (Å²) in [7, 11) is 0. The highest BCUT2D eigenvalue weighted by molar-refractivity contribution is 5.97. The molecule has 1 aromatic rings. The third-order valence-electron chi connectivity index (χ3n) is 5.83. The second-order valence-electron chi connectivity index (χ2n) is 6.87. The van der Waals surface area contributed by atoms with Crippen LogP contribution in [0.3, 0.4) is 0 Å². The number of furan rings is 1.